The Morgan fingerprint density at radius 3 is 3.00 bits per heavy atom. The van der Waals surface area contributed by atoms with Crippen molar-refractivity contribution in [3.63, 3.8) is 0 Å². The average molecular weight is 257 g/mol. The first kappa shape index (κ1) is 14.4. The van der Waals surface area contributed by atoms with E-state index < -0.39 is 5.60 Å². The molecular formula is C10H19N5O3. The number of nitrogens with two attached hydrogens (primary N) is 1. The van der Waals surface area contributed by atoms with Crippen LogP contribution in [0.4, 0.5) is 5.95 Å². The molecule has 8 heteroatoms. The highest BCUT2D eigenvalue weighted by Gasteiger charge is 2.20. The molecule has 0 bridgehead atoms. The van der Waals surface area contributed by atoms with Gasteiger partial charge in [0.25, 0.3) is 0 Å². The summed E-state index contributed by atoms with van der Waals surface area (Å²) in [7, 11) is 1.56. The van der Waals surface area contributed by atoms with Gasteiger partial charge in [-0.3, -0.25) is 4.79 Å². The number of nitrogen functional groups attached to an aromatic ring is 1. The third-order valence-electron chi connectivity index (χ3n) is 2.37. The summed E-state index contributed by atoms with van der Waals surface area (Å²) in [6, 6.07) is 0. The number of carbonyl (C=O) groups is 1. The first-order valence-electron chi connectivity index (χ1n) is 5.56. The van der Waals surface area contributed by atoms with Crippen molar-refractivity contribution in [1.29, 1.82) is 0 Å². The number of aromatic nitrogens is 3. The Hall–Kier alpha value is -1.67. The van der Waals surface area contributed by atoms with Crippen LogP contribution in [0.25, 0.3) is 0 Å². The standard InChI is InChI=1S/C10H19N5O3/c1-10(17,3-4-18-2)6-12-8(16)5-15-7-13-9(11)14-15/h7,17H,3-6H2,1-2H3,(H2,11,14)(H,12,16). The lowest BCUT2D eigenvalue weighted by molar-refractivity contribution is -0.123. The third-order valence-corrected chi connectivity index (χ3v) is 2.37. The van der Waals surface area contributed by atoms with E-state index >= 15 is 0 Å². The minimum absolute atomic E-state index is 0.0184. The maximum absolute atomic E-state index is 11.6. The molecule has 1 heterocycles. The van der Waals surface area contributed by atoms with Crippen LogP contribution in [-0.4, -0.2) is 51.6 Å². The molecule has 1 rings (SSSR count). The topological polar surface area (TPSA) is 115 Å². The lowest BCUT2D eigenvalue weighted by Gasteiger charge is -2.23. The summed E-state index contributed by atoms with van der Waals surface area (Å²) in [4.78, 5) is 15.3. The Labute approximate surface area is 105 Å². The van der Waals surface area contributed by atoms with E-state index in [1.165, 1.54) is 11.0 Å². The van der Waals surface area contributed by atoms with E-state index in [0.717, 1.165) is 0 Å². The molecule has 1 amide bonds. The predicted octanol–water partition coefficient (Wildman–Crippen LogP) is -1.24. The molecule has 0 saturated carbocycles. The highest BCUT2D eigenvalue weighted by molar-refractivity contribution is 5.75. The Morgan fingerprint density at radius 1 is 1.72 bits per heavy atom. The van der Waals surface area contributed by atoms with Gasteiger partial charge < -0.3 is 20.9 Å². The maximum Gasteiger partial charge on any atom is 0.241 e. The van der Waals surface area contributed by atoms with Crippen molar-refractivity contribution < 1.29 is 14.6 Å². The van der Waals surface area contributed by atoms with Gasteiger partial charge in [-0.15, -0.1) is 5.10 Å². The maximum atomic E-state index is 11.6. The fraction of sp³-hybridized carbons (Fsp3) is 0.700. The van der Waals surface area contributed by atoms with Gasteiger partial charge in [0.2, 0.25) is 11.9 Å². The summed E-state index contributed by atoms with van der Waals surface area (Å²) >= 11 is 0. The Morgan fingerprint density at radius 2 is 2.44 bits per heavy atom. The number of amides is 1. The van der Waals surface area contributed by atoms with E-state index in [9.17, 15) is 9.90 Å². The molecule has 0 spiro atoms. The van der Waals surface area contributed by atoms with Crippen LogP contribution in [-0.2, 0) is 16.1 Å². The minimum Gasteiger partial charge on any atom is -0.388 e. The highest BCUT2D eigenvalue weighted by Crippen LogP contribution is 2.07. The Kier molecular flexibility index (Phi) is 5.05. The normalized spacial score (nSPS) is 14.2. The van der Waals surface area contributed by atoms with Gasteiger partial charge in [-0.05, 0) is 6.92 Å². The van der Waals surface area contributed by atoms with Crippen LogP contribution in [0.3, 0.4) is 0 Å². The van der Waals surface area contributed by atoms with Gasteiger partial charge in [0.1, 0.15) is 12.9 Å². The second-order valence-corrected chi connectivity index (χ2v) is 4.32. The monoisotopic (exact) mass is 257 g/mol. The average Bonchev–Trinajstić information content (AvgIpc) is 2.70. The number of methoxy groups -OCH3 is 1. The zero-order valence-corrected chi connectivity index (χ0v) is 10.6. The highest BCUT2D eigenvalue weighted by atomic mass is 16.5. The van der Waals surface area contributed by atoms with Crippen molar-refractivity contribution >= 4 is 11.9 Å². The van der Waals surface area contributed by atoms with Crippen molar-refractivity contribution in [3.8, 4) is 0 Å². The summed E-state index contributed by atoms with van der Waals surface area (Å²) in [6.45, 7) is 2.24. The molecule has 0 aliphatic heterocycles. The lowest BCUT2D eigenvalue weighted by Crippen LogP contribution is -2.42. The van der Waals surface area contributed by atoms with Crippen LogP contribution in [0.1, 0.15) is 13.3 Å². The summed E-state index contributed by atoms with van der Waals surface area (Å²) in [5.41, 5.74) is 4.33. The van der Waals surface area contributed by atoms with Gasteiger partial charge in [-0.1, -0.05) is 0 Å². The summed E-state index contributed by atoms with van der Waals surface area (Å²) in [6.07, 6.45) is 1.82. The van der Waals surface area contributed by atoms with E-state index in [4.69, 9.17) is 10.5 Å². The summed E-state index contributed by atoms with van der Waals surface area (Å²) in [5, 5.41) is 16.3. The Balaban J connectivity index is 2.32. The first-order chi connectivity index (χ1) is 8.43. The van der Waals surface area contributed by atoms with Crippen molar-refractivity contribution in [2.45, 2.75) is 25.5 Å². The number of ether oxygens (including phenoxy) is 1. The van der Waals surface area contributed by atoms with Gasteiger partial charge in [-0.25, -0.2) is 9.67 Å². The molecule has 0 radical (unpaired) electrons. The van der Waals surface area contributed by atoms with Crippen LogP contribution in [0.5, 0.6) is 0 Å². The molecule has 0 aliphatic rings. The number of nitrogens with one attached hydrogen (secondary N) is 1. The zero-order valence-electron chi connectivity index (χ0n) is 10.6. The molecule has 18 heavy (non-hydrogen) atoms. The predicted molar refractivity (Wildman–Crippen MR) is 64.6 cm³/mol. The molecule has 0 fully saturated rings. The number of rotatable bonds is 7. The van der Waals surface area contributed by atoms with E-state index in [-0.39, 0.29) is 24.9 Å². The minimum atomic E-state index is -0.993. The second kappa shape index (κ2) is 6.31. The SMILES string of the molecule is COCCC(C)(O)CNC(=O)Cn1cnc(N)n1. The molecular weight excluding hydrogens is 238 g/mol. The molecule has 0 aromatic carbocycles. The smallest absolute Gasteiger partial charge is 0.241 e. The molecule has 102 valence electrons. The van der Waals surface area contributed by atoms with Crippen molar-refractivity contribution in [2.75, 3.05) is 26.0 Å². The van der Waals surface area contributed by atoms with Crippen LogP contribution >= 0.6 is 0 Å². The van der Waals surface area contributed by atoms with Gasteiger partial charge in [0.15, 0.2) is 0 Å². The van der Waals surface area contributed by atoms with Crippen LogP contribution in [0, 0.1) is 0 Å². The fourth-order valence-electron chi connectivity index (χ4n) is 1.29. The van der Waals surface area contributed by atoms with Gasteiger partial charge in [-0.2, -0.15) is 0 Å². The number of carbonyl (C=O) groups excluding carboxylic acids is 1. The second-order valence-electron chi connectivity index (χ2n) is 4.32. The van der Waals surface area contributed by atoms with Gasteiger partial charge in [0.05, 0.1) is 5.60 Å². The molecule has 4 N–H and O–H groups in total. The first-order valence-corrected chi connectivity index (χ1v) is 5.56. The van der Waals surface area contributed by atoms with Crippen molar-refractivity contribution in [2.24, 2.45) is 0 Å². The zero-order chi connectivity index (χ0) is 13.6. The Bertz CT molecular complexity index is 391. The molecule has 1 aromatic rings. The lowest BCUT2D eigenvalue weighted by atomic mass is 10.0. The number of aliphatic hydroxyl groups is 1. The van der Waals surface area contributed by atoms with Crippen molar-refractivity contribution in [3.05, 3.63) is 6.33 Å². The quantitative estimate of drug-likeness (QED) is 0.563. The van der Waals surface area contributed by atoms with Gasteiger partial charge in [0, 0.05) is 26.7 Å². The fourth-order valence-corrected chi connectivity index (χ4v) is 1.29. The third kappa shape index (κ3) is 5.11. The van der Waals surface area contributed by atoms with E-state index in [2.05, 4.69) is 15.4 Å². The number of hydrogen-bond acceptors (Lipinski definition) is 6. The van der Waals surface area contributed by atoms with Gasteiger partial charge >= 0.3 is 0 Å². The van der Waals surface area contributed by atoms with Crippen LogP contribution in [0.2, 0.25) is 0 Å². The largest absolute Gasteiger partial charge is 0.388 e. The van der Waals surface area contributed by atoms with E-state index in [1.54, 1.807) is 14.0 Å². The summed E-state index contributed by atoms with van der Waals surface area (Å²) < 4.78 is 6.20. The van der Waals surface area contributed by atoms with E-state index in [0.29, 0.717) is 13.0 Å². The molecule has 0 aliphatic carbocycles. The van der Waals surface area contributed by atoms with Crippen LogP contribution in [0.15, 0.2) is 6.33 Å². The number of nitrogens with zero attached hydrogens (tertiary/aromatic N) is 3. The summed E-state index contributed by atoms with van der Waals surface area (Å²) in [5.74, 6) is -0.146. The van der Waals surface area contributed by atoms with Crippen LogP contribution < -0.4 is 11.1 Å². The molecule has 1 atom stereocenters. The molecule has 8 nitrogen and oxygen atoms in total. The van der Waals surface area contributed by atoms with Crippen molar-refractivity contribution in [1.82, 2.24) is 20.1 Å². The number of anilines is 1. The number of hydrogen-bond donors (Lipinski definition) is 3. The molecule has 1 unspecified atom stereocenters. The molecule has 0 saturated heterocycles. The van der Waals surface area contributed by atoms with E-state index in [1.807, 2.05) is 0 Å². The molecule has 1 aromatic heterocycles.